The first-order valence-corrected chi connectivity index (χ1v) is 4.84. The van der Waals surface area contributed by atoms with Crippen LogP contribution in [0.1, 0.15) is 5.82 Å². The van der Waals surface area contributed by atoms with Gasteiger partial charge >= 0.3 is 0 Å². The molecule has 0 aliphatic rings. The average Bonchev–Trinajstić information content (AvgIpc) is 2.74. The Kier molecular flexibility index (Phi) is 2.47. The quantitative estimate of drug-likeness (QED) is 0.833. The van der Waals surface area contributed by atoms with Crippen LogP contribution in [0.15, 0.2) is 16.0 Å². The Bertz CT molecular complexity index is 424. The van der Waals surface area contributed by atoms with Crippen molar-refractivity contribution >= 4 is 16.3 Å². The zero-order chi connectivity index (χ0) is 9.97. The lowest BCUT2D eigenvalue weighted by atomic mass is 10.3. The topological polar surface area (TPSA) is 74.2 Å². The van der Waals surface area contributed by atoms with E-state index in [4.69, 9.17) is 15.0 Å². The second-order valence-electron chi connectivity index (χ2n) is 2.65. The molecule has 6 heteroatoms. The Balaban J connectivity index is 2.29. The van der Waals surface area contributed by atoms with Crippen molar-refractivity contribution in [3.63, 3.8) is 0 Å². The highest BCUT2D eigenvalue weighted by Gasteiger charge is 2.11. The first-order chi connectivity index (χ1) is 6.81. The number of rotatable bonds is 3. The standard InChI is InChI=1S/C8H9N3O2S/c1-12-4-6-10-8(13-11-6)5-2-3-14-7(5)9/h2-3H,4,9H2,1H3. The van der Waals surface area contributed by atoms with E-state index in [9.17, 15) is 0 Å². The summed E-state index contributed by atoms with van der Waals surface area (Å²) in [6, 6.07) is 1.85. The molecule has 0 saturated heterocycles. The fourth-order valence-electron chi connectivity index (χ4n) is 1.05. The Morgan fingerprint density at radius 1 is 1.64 bits per heavy atom. The van der Waals surface area contributed by atoms with Gasteiger partial charge in [-0.15, -0.1) is 11.3 Å². The molecule has 0 bridgehead atoms. The van der Waals surface area contributed by atoms with Crippen LogP contribution >= 0.6 is 11.3 Å². The third kappa shape index (κ3) is 1.61. The summed E-state index contributed by atoms with van der Waals surface area (Å²) in [6.45, 7) is 0.341. The summed E-state index contributed by atoms with van der Waals surface area (Å²) in [4.78, 5) is 4.13. The number of nitrogens with two attached hydrogens (primary N) is 1. The minimum absolute atomic E-state index is 0.341. The molecule has 5 nitrogen and oxygen atoms in total. The summed E-state index contributed by atoms with van der Waals surface area (Å²) in [5.41, 5.74) is 6.50. The number of hydrogen-bond donors (Lipinski definition) is 1. The Morgan fingerprint density at radius 3 is 3.14 bits per heavy atom. The predicted molar refractivity (Wildman–Crippen MR) is 52.7 cm³/mol. The van der Waals surface area contributed by atoms with Gasteiger partial charge in [-0.1, -0.05) is 5.16 Å². The van der Waals surface area contributed by atoms with Gasteiger partial charge in [-0.25, -0.2) is 0 Å². The summed E-state index contributed by atoms with van der Waals surface area (Å²) in [5, 5.41) is 6.30. The summed E-state index contributed by atoms with van der Waals surface area (Å²) in [5.74, 6) is 0.962. The highest BCUT2D eigenvalue weighted by Crippen LogP contribution is 2.28. The summed E-state index contributed by atoms with van der Waals surface area (Å²) >= 11 is 1.44. The lowest BCUT2D eigenvalue weighted by Crippen LogP contribution is -1.89. The van der Waals surface area contributed by atoms with Gasteiger partial charge in [0.15, 0.2) is 5.82 Å². The van der Waals surface area contributed by atoms with Crippen molar-refractivity contribution in [3.8, 4) is 11.5 Å². The van der Waals surface area contributed by atoms with Crippen LogP contribution in [0.4, 0.5) is 5.00 Å². The molecule has 2 aromatic rings. The molecule has 2 N–H and O–H groups in total. The number of hydrogen-bond acceptors (Lipinski definition) is 6. The maximum Gasteiger partial charge on any atom is 0.260 e. The summed E-state index contributed by atoms with van der Waals surface area (Å²) < 4.78 is 9.90. The molecule has 0 atom stereocenters. The van der Waals surface area contributed by atoms with Crippen LogP contribution in [0, 0.1) is 0 Å². The summed E-state index contributed by atoms with van der Waals surface area (Å²) in [6.07, 6.45) is 0. The van der Waals surface area contributed by atoms with E-state index in [2.05, 4.69) is 10.1 Å². The van der Waals surface area contributed by atoms with Gasteiger partial charge in [-0.3, -0.25) is 0 Å². The Labute approximate surface area is 84.5 Å². The molecule has 0 aliphatic heterocycles. The molecule has 0 unspecified atom stereocenters. The normalized spacial score (nSPS) is 10.6. The molecular formula is C8H9N3O2S. The zero-order valence-electron chi connectivity index (χ0n) is 7.56. The minimum atomic E-state index is 0.341. The molecule has 0 fully saturated rings. The van der Waals surface area contributed by atoms with Crippen LogP contribution < -0.4 is 5.73 Å². The molecule has 2 heterocycles. The molecule has 0 saturated carbocycles. The predicted octanol–water partition coefficient (Wildman–Crippen LogP) is 1.53. The number of thiophene rings is 1. The van der Waals surface area contributed by atoms with Crippen LogP contribution in [0.25, 0.3) is 11.5 Å². The highest BCUT2D eigenvalue weighted by molar-refractivity contribution is 7.14. The molecule has 14 heavy (non-hydrogen) atoms. The maximum absolute atomic E-state index is 5.72. The van der Waals surface area contributed by atoms with Gasteiger partial charge in [0.2, 0.25) is 0 Å². The van der Waals surface area contributed by atoms with Gasteiger partial charge in [-0.2, -0.15) is 4.98 Å². The fraction of sp³-hybridized carbons (Fsp3) is 0.250. The molecule has 0 aromatic carbocycles. The number of methoxy groups -OCH3 is 1. The number of ether oxygens (including phenoxy) is 1. The van der Waals surface area contributed by atoms with Crippen molar-refractivity contribution in [2.75, 3.05) is 12.8 Å². The first kappa shape index (κ1) is 9.17. The monoisotopic (exact) mass is 211 g/mol. The number of nitrogens with zero attached hydrogens (tertiary/aromatic N) is 2. The largest absolute Gasteiger partial charge is 0.390 e. The van der Waals surface area contributed by atoms with Crippen molar-refractivity contribution in [3.05, 3.63) is 17.3 Å². The third-order valence-corrected chi connectivity index (χ3v) is 2.41. The average molecular weight is 211 g/mol. The van der Waals surface area contributed by atoms with Crippen LogP contribution in [-0.4, -0.2) is 17.3 Å². The van der Waals surface area contributed by atoms with Crippen molar-refractivity contribution in [1.29, 1.82) is 0 Å². The van der Waals surface area contributed by atoms with Gasteiger partial charge in [0.05, 0.1) is 10.6 Å². The molecule has 0 aliphatic carbocycles. The Morgan fingerprint density at radius 2 is 2.50 bits per heavy atom. The van der Waals surface area contributed by atoms with Crippen LogP contribution in [0.5, 0.6) is 0 Å². The second kappa shape index (κ2) is 3.77. The second-order valence-corrected chi connectivity index (χ2v) is 3.59. The van der Waals surface area contributed by atoms with Gasteiger partial charge in [0, 0.05) is 7.11 Å². The minimum Gasteiger partial charge on any atom is -0.390 e. The van der Waals surface area contributed by atoms with E-state index in [-0.39, 0.29) is 0 Å². The molecular weight excluding hydrogens is 202 g/mol. The van der Waals surface area contributed by atoms with Gasteiger partial charge in [0.1, 0.15) is 6.61 Å². The van der Waals surface area contributed by atoms with E-state index in [1.807, 2.05) is 11.4 Å². The van der Waals surface area contributed by atoms with E-state index in [0.29, 0.717) is 23.3 Å². The van der Waals surface area contributed by atoms with E-state index in [0.717, 1.165) is 5.56 Å². The van der Waals surface area contributed by atoms with Crippen molar-refractivity contribution in [2.45, 2.75) is 6.61 Å². The maximum atomic E-state index is 5.72. The van der Waals surface area contributed by atoms with E-state index >= 15 is 0 Å². The number of anilines is 1. The molecule has 0 spiro atoms. The van der Waals surface area contributed by atoms with Crippen LogP contribution in [0.2, 0.25) is 0 Å². The molecule has 2 aromatic heterocycles. The molecule has 2 rings (SSSR count). The zero-order valence-corrected chi connectivity index (χ0v) is 8.37. The van der Waals surface area contributed by atoms with Crippen molar-refractivity contribution in [2.24, 2.45) is 0 Å². The van der Waals surface area contributed by atoms with Gasteiger partial charge in [-0.05, 0) is 11.4 Å². The lowest BCUT2D eigenvalue weighted by molar-refractivity contribution is 0.174. The van der Waals surface area contributed by atoms with Crippen LogP contribution in [0.3, 0.4) is 0 Å². The Hall–Kier alpha value is -1.40. The fourth-order valence-corrected chi connectivity index (χ4v) is 1.68. The molecule has 0 radical (unpaired) electrons. The first-order valence-electron chi connectivity index (χ1n) is 3.96. The molecule has 74 valence electrons. The van der Waals surface area contributed by atoms with E-state index in [1.54, 1.807) is 7.11 Å². The van der Waals surface area contributed by atoms with Crippen LogP contribution in [-0.2, 0) is 11.3 Å². The summed E-state index contributed by atoms with van der Waals surface area (Å²) in [7, 11) is 1.58. The third-order valence-electron chi connectivity index (χ3n) is 1.67. The number of aromatic nitrogens is 2. The van der Waals surface area contributed by atoms with Crippen molar-refractivity contribution in [1.82, 2.24) is 10.1 Å². The van der Waals surface area contributed by atoms with E-state index < -0.39 is 0 Å². The highest BCUT2D eigenvalue weighted by atomic mass is 32.1. The van der Waals surface area contributed by atoms with Gasteiger partial charge in [0.25, 0.3) is 5.89 Å². The molecule has 0 amide bonds. The van der Waals surface area contributed by atoms with Crippen molar-refractivity contribution < 1.29 is 9.26 Å². The number of nitrogen functional groups attached to an aromatic ring is 1. The van der Waals surface area contributed by atoms with Gasteiger partial charge < -0.3 is 15.0 Å². The van der Waals surface area contributed by atoms with E-state index in [1.165, 1.54) is 11.3 Å². The smallest absolute Gasteiger partial charge is 0.260 e. The SMILES string of the molecule is COCc1noc(-c2ccsc2N)n1. The lowest BCUT2D eigenvalue weighted by Gasteiger charge is -1.89.